The molecule has 19 heavy (non-hydrogen) atoms. The van der Waals surface area contributed by atoms with Gasteiger partial charge in [0.15, 0.2) is 17.2 Å². The van der Waals surface area contributed by atoms with Gasteiger partial charge in [-0.3, -0.25) is 4.79 Å². The summed E-state index contributed by atoms with van der Waals surface area (Å²) < 4.78 is 12.1. The number of ether oxygens (including phenoxy) is 2. The Hall–Kier alpha value is -1.19. The molecule has 2 fully saturated rings. The average molecular weight is 258 g/mol. The van der Waals surface area contributed by atoms with Crippen LogP contribution in [0.2, 0.25) is 0 Å². The summed E-state index contributed by atoms with van der Waals surface area (Å²) in [5, 5.41) is 0. The summed E-state index contributed by atoms with van der Waals surface area (Å²) in [5.41, 5.74) is 1.82. The molecule has 0 aromatic heterocycles. The first kappa shape index (κ1) is 11.6. The average Bonchev–Trinajstić information content (AvgIpc) is 2.47. The summed E-state index contributed by atoms with van der Waals surface area (Å²) in [4.78, 5) is 12.6. The van der Waals surface area contributed by atoms with Crippen molar-refractivity contribution in [1.82, 2.24) is 0 Å². The number of carbonyl (C=O) groups excluding carboxylic acids is 1. The van der Waals surface area contributed by atoms with Crippen molar-refractivity contribution in [2.75, 3.05) is 0 Å². The molecule has 5 rings (SSSR count). The third-order valence-electron chi connectivity index (χ3n) is 4.72. The SMILES string of the molecule is CC1(C)OC2C[C@@H]3CC(=O)[C@]2(Cc2ccccc23)O1. The molecule has 1 aromatic rings. The standard InChI is InChI=1S/C16H18O3/c1-15(2)18-14-8-11-7-13(17)16(14,19-15)9-10-5-3-4-6-12(10)11/h3-6,11,14H,7-9H2,1-2H3/t11-,14?,16-/m0/s1. The third-order valence-corrected chi connectivity index (χ3v) is 4.72. The van der Waals surface area contributed by atoms with Crippen LogP contribution in [-0.4, -0.2) is 23.3 Å². The Balaban J connectivity index is 1.88. The van der Waals surface area contributed by atoms with Crippen LogP contribution in [-0.2, 0) is 20.7 Å². The van der Waals surface area contributed by atoms with Crippen LogP contribution < -0.4 is 0 Å². The number of hydrogen-bond acceptors (Lipinski definition) is 3. The van der Waals surface area contributed by atoms with Gasteiger partial charge in [-0.1, -0.05) is 24.3 Å². The van der Waals surface area contributed by atoms with Crippen LogP contribution in [0.5, 0.6) is 0 Å². The van der Waals surface area contributed by atoms with E-state index < -0.39 is 11.4 Å². The normalized spacial score (nSPS) is 38.7. The van der Waals surface area contributed by atoms with Crippen molar-refractivity contribution in [1.29, 1.82) is 0 Å². The van der Waals surface area contributed by atoms with Crippen LogP contribution >= 0.6 is 0 Å². The number of ketones is 1. The van der Waals surface area contributed by atoms with Crippen LogP contribution in [0.1, 0.15) is 43.7 Å². The third kappa shape index (κ3) is 1.49. The highest BCUT2D eigenvalue weighted by Crippen LogP contribution is 2.52. The van der Waals surface area contributed by atoms with E-state index in [0.29, 0.717) is 18.8 Å². The van der Waals surface area contributed by atoms with Crippen molar-refractivity contribution >= 4 is 5.78 Å². The maximum atomic E-state index is 12.6. The van der Waals surface area contributed by atoms with Gasteiger partial charge >= 0.3 is 0 Å². The predicted octanol–water partition coefficient (Wildman–Crippen LogP) is 2.58. The molecule has 0 N–H and O–H groups in total. The first-order chi connectivity index (χ1) is 9.00. The lowest BCUT2D eigenvalue weighted by atomic mass is 9.76. The Morgan fingerprint density at radius 3 is 2.89 bits per heavy atom. The molecule has 1 spiro atoms. The van der Waals surface area contributed by atoms with Crippen LogP contribution in [0.25, 0.3) is 0 Å². The van der Waals surface area contributed by atoms with Crippen molar-refractivity contribution in [2.24, 2.45) is 0 Å². The monoisotopic (exact) mass is 258 g/mol. The molecule has 3 heteroatoms. The van der Waals surface area contributed by atoms with Gasteiger partial charge in [-0.25, -0.2) is 0 Å². The summed E-state index contributed by atoms with van der Waals surface area (Å²) in [7, 11) is 0. The molecule has 1 aliphatic heterocycles. The summed E-state index contributed by atoms with van der Waals surface area (Å²) in [6.45, 7) is 3.81. The minimum Gasteiger partial charge on any atom is -0.344 e. The zero-order chi connectivity index (χ0) is 13.3. The van der Waals surface area contributed by atoms with E-state index in [1.807, 2.05) is 19.9 Å². The number of hydrogen-bond donors (Lipinski definition) is 0. The van der Waals surface area contributed by atoms with Crippen molar-refractivity contribution in [3.8, 4) is 0 Å². The molecular weight excluding hydrogens is 240 g/mol. The Bertz CT molecular complexity index is 563. The van der Waals surface area contributed by atoms with Gasteiger partial charge in [0.2, 0.25) is 0 Å². The van der Waals surface area contributed by atoms with E-state index in [1.165, 1.54) is 11.1 Å². The second-order valence-electron chi connectivity index (χ2n) is 6.43. The molecule has 3 aliphatic carbocycles. The van der Waals surface area contributed by atoms with Crippen molar-refractivity contribution in [3.05, 3.63) is 35.4 Å². The minimum atomic E-state index is -0.743. The Morgan fingerprint density at radius 1 is 1.26 bits per heavy atom. The zero-order valence-corrected chi connectivity index (χ0v) is 11.3. The fourth-order valence-electron chi connectivity index (χ4n) is 4.04. The van der Waals surface area contributed by atoms with Crippen LogP contribution in [0, 0.1) is 0 Å². The molecule has 3 nitrogen and oxygen atoms in total. The molecule has 1 heterocycles. The second-order valence-corrected chi connectivity index (χ2v) is 6.43. The number of carbonyl (C=O) groups is 1. The number of rotatable bonds is 0. The quantitative estimate of drug-likeness (QED) is 0.717. The van der Waals surface area contributed by atoms with Gasteiger partial charge in [0, 0.05) is 12.8 Å². The van der Waals surface area contributed by atoms with E-state index in [4.69, 9.17) is 9.47 Å². The molecule has 0 radical (unpaired) electrons. The molecule has 1 saturated heterocycles. The number of benzene rings is 1. The smallest absolute Gasteiger partial charge is 0.168 e. The fraction of sp³-hybridized carbons (Fsp3) is 0.562. The Kier molecular flexibility index (Phi) is 2.12. The van der Waals surface area contributed by atoms with Gasteiger partial charge in [0.25, 0.3) is 0 Å². The molecule has 1 unspecified atom stereocenters. The van der Waals surface area contributed by atoms with E-state index in [9.17, 15) is 4.79 Å². The fourth-order valence-corrected chi connectivity index (χ4v) is 4.04. The van der Waals surface area contributed by atoms with Crippen LogP contribution in [0.15, 0.2) is 24.3 Å². The lowest BCUT2D eigenvalue weighted by molar-refractivity contribution is -0.171. The molecule has 1 saturated carbocycles. The first-order valence-corrected chi connectivity index (χ1v) is 6.99. The minimum absolute atomic E-state index is 0.0962. The van der Waals surface area contributed by atoms with E-state index in [1.54, 1.807) is 0 Å². The van der Waals surface area contributed by atoms with Crippen LogP contribution in [0.3, 0.4) is 0 Å². The van der Waals surface area contributed by atoms with Gasteiger partial charge in [-0.15, -0.1) is 0 Å². The molecule has 2 bridgehead atoms. The van der Waals surface area contributed by atoms with E-state index in [-0.39, 0.29) is 11.9 Å². The lowest BCUT2D eigenvalue weighted by Gasteiger charge is -2.34. The van der Waals surface area contributed by atoms with E-state index >= 15 is 0 Å². The number of fused-ring (bicyclic) bond motifs is 1. The van der Waals surface area contributed by atoms with Crippen molar-refractivity contribution < 1.29 is 14.3 Å². The second kappa shape index (κ2) is 3.47. The first-order valence-electron chi connectivity index (χ1n) is 6.99. The lowest BCUT2D eigenvalue weighted by Crippen LogP contribution is -2.52. The van der Waals surface area contributed by atoms with Gasteiger partial charge in [-0.05, 0) is 37.3 Å². The van der Waals surface area contributed by atoms with Gasteiger partial charge in [-0.2, -0.15) is 0 Å². The van der Waals surface area contributed by atoms with Gasteiger partial charge in [0.05, 0.1) is 6.10 Å². The number of Topliss-reactive ketones (excluding diaryl/α,β-unsaturated/α-hetero) is 1. The highest BCUT2D eigenvalue weighted by molar-refractivity contribution is 5.91. The summed E-state index contributed by atoms with van der Waals surface area (Å²) in [6, 6.07) is 8.37. The molecule has 1 aromatic carbocycles. The maximum absolute atomic E-state index is 12.6. The van der Waals surface area contributed by atoms with Crippen LogP contribution in [0.4, 0.5) is 0 Å². The highest BCUT2D eigenvalue weighted by atomic mass is 16.8. The Labute approximate surface area is 112 Å². The molecular formula is C16H18O3. The van der Waals surface area contributed by atoms with E-state index in [0.717, 1.165) is 6.42 Å². The molecule has 3 atom stereocenters. The van der Waals surface area contributed by atoms with Crippen molar-refractivity contribution in [3.63, 3.8) is 0 Å². The molecule has 0 amide bonds. The molecule has 100 valence electrons. The predicted molar refractivity (Wildman–Crippen MR) is 69.9 cm³/mol. The highest BCUT2D eigenvalue weighted by Gasteiger charge is 2.62. The Morgan fingerprint density at radius 2 is 2.05 bits per heavy atom. The summed E-state index contributed by atoms with van der Waals surface area (Å²) in [6.07, 6.45) is 2.05. The summed E-state index contributed by atoms with van der Waals surface area (Å²) in [5.74, 6) is -0.140. The van der Waals surface area contributed by atoms with E-state index in [2.05, 4.69) is 18.2 Å². The maximum Gasteiger partial charge on any atom is 0.168 e. The zero-order valence-electron chi connectivity index (χ0n) is 11.3. The van der Waals surface area contributed by atoms with Crippen molar-refractivity contribution in [2.45, 2.75) is 56.5 Å². The topological polar surface area (TPSA) is 35.5 Å². The summed E-state index contributed by atoms with van der Waals surface area (Å²) >= 11 is 0. The van der Waals surface area contributed by atoms with Gasteiger partial charge in [0.1, 0.15) is 0 Å². The largest absolute Gasteiger partial charge is 0.344 e. The molecule has 4 aliphatic rings. The van der Waals surface area contributed by atoms with Gasteiger partial charge < -0.3 is 9.47 Å².